The van der Waals surface area contributed by atoms with E-state index in [9.17, 15) is 4.79 Å². The van der Waals surface area contributed by atoms with E-state index in [-0.39, 0.29) is 0 Å². The quantitative estimate of drug-likeness (QED) is 0.688. The maximum atomic E-state index is 10.8. The first-order valence-electron chi connectivity index (χ1n) is 4.58. The molecule has 0 aromatic heterocycles. The molecule has 1 rings (SSSR count). The van der Waals surface area contributed by atoms with E-state index in [4.69, 9.17) is 5.11 Å². The van der Waals surface area contributed by atoms with E-state index in [0.29, 0.717) is 11.5 Å². The highest BCUT2D eigenvalue weighted by molar-refractivity contribution is 5.87. The molecule has 0 radical (unpaired) electrons. The molecule has 0 aromatic rings. The van der Waals surface area contributed by atoms with Gasteiger partial charge in [-0.05, 0) is 31.6 Å². The Hall–Kier alpha value is -0.790. The molecule has 2 heteroatoms. The van der Waals surface area contributed by atoms with Crippen molar-refractivity contribution in [3.63, 3.8) is 0 Å². The Labute approximate surface area is 73.3 Å². The van der Waals surface area contributed by atoms with Crippen LogP contribution in [0.5, 0.6) is 0 Å². The number of carboxylic acid groups (broad SMARTS) is 1. The van der Waals surface area contributed by atoms with Crippen molar-refractivity contribution in [3.8, 4) is 0 Å². The first-order chi connectivity index (χ1) is 5.63. The highest BCUT2D eigenvalue weighted by Crippen LogP contribution is 2.29. The van der Waals surface area contributed by atoms with Crippen LogP contribution in [0.15, 0.2) is 11.1 Å². The molecule has 0 saturated carbocycles. The second-order valence-corrected chi connectivity index (χ2v) is 3.67. The van der Waals surface area contributed by atoms with Crippen molar-refractivity contribution in [3.05, 3.63) is 11.1 Å². The lowest BCUT2D eigenvalue weighted by atomic mass is 9.85. The van der Waals surface area contributed by atoms with Gasteiger partial charge in [0.25, 0.3) is 0 Å². The zero-order valence-corrected chi connectivity index (χ0v) is 7.76. The van der Waals surface area contributed by atoms with Gasteiger partial charge in [0.2, 0.25) is 0 Å². The minimum Gasteiger partial charge on any atom is -0.478 e. The first kappa shape index (κ1) is 9.30. The summed E-state index contributed by atoms with van der Waals surface area (Å²) in [6.07, 6.45) is 3.95. The molecule has 0 amide bonds. The standard InChI is InChI=1S/C10H16O2/c1-7(2)8-5-3-4-6-9(8)10(11)12/h7H,3-6H2,1-2H3,(H,11,12). The molecule has 0 aromatic carbocycles. The molecule has 1 N–H and O–H groups in total. The van der Waals surface area contributed by atoms with Crippen LogP contribution >= 0.6 is 0 Å². The van der Waals surface area contributed by atoms with Gasteiger partial charge in [-0.15, -0.1) is 0 Å². The second-order valence-electron chi connectivity index (χ2n) is 3.67. The van der Waals surface area contributed by atoms with E-state index < -0.39 is 5.97 Å². The fraction of sp³-hybridized carbons (Fsp3) is 0.700. The average molecular weight is 168 g/mol. The Morgan fingerprint density at radius 2 is 1.92 bits per heavy atom. The summed E-state index contributed by atoms with van der Waals surface area (Å²) in [4.78, 5) is 10.8. The van der Waals surface area contributed by atoms with E-state index in [2.05, 4.69) is 13.8 Å². The summed E-state index contributed by atoms with van der Waals surface area (Å²) in [5.74, 6) is -0.310. The smallest absolute Gasteiger partial charge is 0.331 e. The Bertz CT molecular complexity index is 214. The van der Waals surface area contributed by atoms with Gasteiger partial charge < -0.3 is 5.11 Å². The third-order valence-electron chi connectivity index (χ3n) is 2.47. The Kier molecular flexibility index (Phi) is 2.90. The second kappa shape index (κ2) is 3.74. The average Bonchev–Trinajstić information content (AvgIpc) is 2.04. The van der Waals surface area contributed by atoms with Crippen molar-refractivity contribution in [2.45, 2.75) is 39.5 Å². The predicted molar refractivity (Wildman–Crippen MR) is 48.0 cm³/mol. The molecule has 2 nitrogen and oxygen atoms in total. The van der Waals surface area contributed by atoms with E-state index in [0.717, 1.165) is 31.3 Å². The molecule has 1 aliphatic rings. The summed E-state index contributed by atoms with van der Waals surface area (Å²) in [5.41, 5.74) is 1.84. The van der Waals surface area contributed by atoms with Gasteiger partial charge in [0.1, 0.15) is 0 Å². The summed E-state index contributed by atoms with van der Waals surface area (Å²) in [7, 11) is 0. The summed E-state index contributed by atoms with van der Waals surface area (Å²) >= 11 is 0. The number of hydrogen-bond acceptors (Lipinski definition) is 1. The van der Waals surface area contributed by atoms with Gasteiger partial charge in [-0.2, -0.15) is 0 Å². The third kappa shape index (κ3) is 1.87. The van der Waals surface area contributed by atoms with Crippen molar-refractivity contribution < 1.29 is 9.90 Å². The van der Waals surface area contributed by atoms with Crippen molar-refractivity contribution >= 4 is 5.97 Å². The monoisotopic (exact) mass is 168 g/mol. The lowest BCUT2D eigenvalue weighted by Crippen LogP contribution is -2.12. The molecule has 0 aliphatic heterocycles. The molecule has 12 heavy (non-hydrogen) atoms. The highest BCUT2D eigenvalue weighted by atomic mass is 16.4. The van der Waals surface area contributed by atoms with Gasteiger partial charge in [-0.3, -0.25) is 0 Å². The molecule has 1 aliphatic carbocycles. The van der Waals surface area contributed by atoms with E-state index in [1.165, 1.54) is 0 Å². The fourth-order valence-corrected chi connectivity index (χ4v) is 1.81. The van der Waals surface area contributed by atoms with Crippen LogP contribution in [0.4, 0.5) is 0 Å². The molecule has 0 atom stereocenters. The Balaban J connectivity index is 2.91. The number of carboxylic acids is 1. The van der Waals surface area contributed by atoms with Gasteiger partial charge in [0.05, 0.1) is 0 Å². The SMILES string of the molecule is CC(C)C1=C(C(=O)O)CCCC1. The molecular formula is C10H16O2. The minimum atomic E-state index is -0.710. The van der Waals surface area contributed by atoms with Crippen molar-refractivity contribution in [2.75, 3.05) is 0 Å². The third-order valence-corrected chi connectivity index (χ3v) is 2.47. The Morgan fingerprint density at radius 3 is 2.33 bits per heavy atom. The van der Waals surface area contributed by atoms with Gasteiger partial charge in [0, 0.05) is 5.57 Å². The normalized spacial score (nSPS) is 18.6. The summed E-state index contributed by atoms with van der Waals surface area (Å²) in [6, 6.07) is 0. The van der Waals surface area contributed by atoms with E-state index in [1.54, 1.807) is 0 Å². The fourth-order valence-electron chi connectivity index (χ4n) is 1.81. The van der Waals surface area contributed by atoms with E-state index >= 15 is 0 Å². The number of aliphatic carboxylic acids is 1. The molecular weight excluding hydrogens is 152 g/mol. The molecule has 0 unspecified atom stereocenters. The molecule has 0 heterocycles. The topological polar surface area (TPSA) is 37.3 Å². The number of hydrogen-bond donors (Lipinski definition) is 1. The largest absolute Gasteiger partial charge is 0.478 e. The van der Waals surface area contributed by atoms with Crippen LogP contribution in [-0.4, -0.2) is 11.1 Å². The summed E-state index contributed by atoms with van der Waals surface area (Å²) in [5, 5.41) is 8.90. The van der Waals surface area contributed by atoms with E-state index in [1.807, 2.05) is 0 Å². The van der Waals surface area contributed by atoms with Gasteiger partial charge >= 0.3 is 5.97 Å². The highest BCUT2D eigenvalue weighted by Gasteiger charge is 2.19. The number of rotatable bonds is 2. The first-order valence-corrected chi connectivity index (χ1v) is 4.58. The molecule has 0 saturated heterocycles. The Morgan fingerprint density at radius 1 is 1.33 bits per heavy atom. The van der Waals surface area contributed by atoms with Gasteiger partial charge in [-0.25, -0.2) is 4.79 Å². The predicted octanol–water partition coefficient (Wildman–Crippen LogP) is 2.60. The lowest BCUT2D eigenvalue weighted by molar-refractivity contribution is -0.133. The minimum absolute atomic E-state index is 0.399. The summed E-state index contributed by atoms with van der Waals surface area (Å²) in [6.45, 7) is 4.15. The molecule has 0 bridgehead atoms. The zero-order valence-electron chi connectivity index (χ0n) is 7.76. The van der Waals surface area contributed by atoms with Crippen LogP contribution in [0, 0.1) is 5.92 Å². The van der Waals surface area contributed by atoms with Crippen LogP contribution in [0.25, 0.3) is 0 Å². The van der Waals surface area contributed by atoms with Gasteiger partial charge in [-0.1, -0.05) is 19.4 Å². The van der Waals surface area contributed by atoms with Crippen LogP contribution in [0.1, 0.15) is 39.5 Å². The zero-order chi connectivity index (χ0) is 9.14. The van der Waals surface area contributed by atoms with Crippen molar-refractivity contribution in [1.29, 1.82) is 0 Å². The van der Waals surface area contributed by atoms with Crippen LogP contribution in [0.2, 0.25) is 0 Å². The molecule has 0 spiro atoms. The summed E-state index contributed by atoms with van der Waals surface area (Å²) < 4.78 is 0. The van der Waals surface area contributed by atoms with Crippen LogP contribution in [0.3, 0.4) is 0 Å². The van der Waals surface area contributed by atoms with Crippen LogP contribution in [-0.2, 0) is 4.79 Å². The van der Waals surface area contributed by atoms with Crippen LogP contribution < -0.4 is 0 Å². The van der Waals surface area contributed by atoms with Crippen molar-refractivity contribution in [1.82, 2.24) is 0 Å². The molecule has 0 fully saturated rings. The maximum Gasteiger partial charge on any atom is 0.331 e. The maximum absolute atomic E-state index is 10.8. The number of allylic oxidation sites excluding steroid dienone is 1. The molecule has 68 valence electrons. The lowest BCUT2D eigenvalue weighted by Gasteiger charge is -2.20. The van der Waals surface area contributed by atoms with Crippen molar-refractivity contribution in [2.24, 2.45) is 5.92 Å². The van der Waals surface area contributed by atoms with Gasteiger partial charge in [0.15, 0.2) is 0 Å². The number of carbonyl (C=O) groups is 1.